The zero-order valence-corrected chi connectivity index (χ0v) is 20.4. The van der Waals surface area contributed by atoms with Crippen molar-refractivity contribution in [2.24, 2.45) is 0 Å². The Bertz CT molecular complexity index is 1080. The number of carbonyl (C=O) groups excluding carboxylic acids is 1. The molecule has 0 aromatic heterocycles. The minimum absolute atomic E-state index is 0.0257. The molecular formula is C22H29N3O5S2. The number of nitrogens with one attached hydrogen (secondary N) is 3. The van der Waals surface area contributed by atoms with Gasteiger partial charge in [-0.1, -0.05) is 26.0 Å². The quantitative estimate of drug-likeness (QED) is 0.475. The molecule has 0 radical (unpaired) electrons. The van der Waals surface area contributed by atoms with Gasteiger partial charge in [0.2, 0.25) is 0 Å². The molecule has 0 aliphatic rings. The molecule has 32 heavy (non-hydrogen) atoms. The second-order valence-electron chi connectivity index (χ2n) is 7.29. The maximum Gasteiger partial charge on any atom is 0.267 e. The average Bonchev–Trinajstić information content (AvgIpc) is 2.77. The van der Waals surface area contributed by atoms with E-state index in [0.29, 0.717) is 29.8 Å². The Labute approximate surface area is 194 Å². The van der Waals surface area contributed by atoms with Crippen LogP contribution < -0.4 is 24.8 Å². The van der Waals surface area contributed by atoms with Crippen molar-refractivity contribution in [1.29, 1.82) is 0 Å². The Morgan fingerprint density at radius 2 is 1.72 bits per heavy atom. The van der Waals surface area contributed by atoms with Crippen molar-refractivity contribution in [3.8, 4) is 11.5 Å². The second-order valence-corrected chi connectivity index (χ2v) is 9.35. The molecule has 10 heteroatoms. The maximum absolute atomic E-state index is 12.7. The summed E-state index contributed by atoms with van der Waals surface area (Å²) in [6, 6.07) is 10.4. The topological polar surface area (TPSA) is 106 Å². The molecule has 0 atom stereocenters. The molecule has 0 bridgehead atoms. The molecule has 0 saturated heterocycles. The van der Waals surface area contributed by atoms with E-state index >= 15 is 0 Å². The van der Waals surface area contributed by atoms with Crippen molar-refractivity contribution in [3.63, 3.8) is 0 Å². The molecular weight excluding hydrogens is 450 g/mol. The molecule has 0 aliphatic heterocycles. The summed E-state index contributed by atoms with van der Waals surface area (Å²) in [6.45, 7) is 4.41. The van der Waals surface area contributed by atoms with Crippen LogP contribution in [0, 0.1) is 0 Å². The summed E-state index contributed by atoms with van der Waals surface area (Å²) in [5.74, 6) is 0.707. The van der Waals surface area contributed by atoms with Gasteiger partial charge in [-0.05, 0) is 59.9 Å². The Kier molecular flexibility index (Phi) is 8.85. The fourth-order valence-corrected chi connectivity index (χ4v) is 4.50. The van der Waals surface area contributed by atoms with Crippen LogP contribution in [-0.4, -0.2) is 47.2 Å². The van der Waals surface area contributed by atoms with E-state index in [0.717, 1.165) is 5.56 Å². The van der Waals surface area contributed by atoms with Crippen molar-refractivity contribution < 1.29 is 22.7 Å². The Balaban J connectivity index is 2.16. The zero-order chi connectivity index (χ0) is 23.9. The van der Waals surface area contributed by atoms with E-state index in [9.17, 15) is 13.2 Å². The van der Waals surface area contributed by atoms with Crippen LogP contribution in [0.4, 0.5) is 0 Å². The first-order valence-corrected chi connectivity index (χ1v) is 11.9. The predicted octanol–water partition coefficient (Wildman–Crippen LogP) is 2.58. The first kappa shape index (κ1) is 25.4. The van der Waals surface area contributed by atoms with Crippen molar-refractivity contribution in [1.82, 2.24) is 15.4 Å². The Hall–Kier alpha value is -2.85. The molecule has 3 N–H and O–H groups in total. The third-order valence-corrected chi connectivity index (χ3v) is 6.61. The van der Waals surface area contributed by atoms with E-state index in [1.165, 1.54) is 27.3 Å². The van der Waals surface area contributed by atoms with Crippen LogP contribution in [-0.2, 0) is 16.4 Å². The number of amides is 1. The van der Waals surface area contributed by atoms with E-state index in [1.807, 2.05) is 12.1 Å². The van der Waals surface area contributed by atoms with Gasteiger partial charge >= 0.3 is 0 Å². The molecule has 2 aromatic rings. The number of benzene rings is 2. The van der Waals surface area contributed by atoms with Gasteiger partial charge in [-0.2, -0.15) is 0 Å². The minimum Gasteiger partial charge on any atom is -0.496 e. The van der Waals surface area contributed by atoms with Crippen molar-refractivity contribution in [3.05, 3.63) is 53.1 Å². The highest BCUT2D eigenvalue weighted by molar-refractivity contribution is 7.92. The maximum atomic E-state index is 12.7. The second kappa shape index (κ2) is 11.1. The number of thiocarbonyl (C=S) groups is 1. The summed E-state index contributed by atoms with van der Waals surface area (Å²) in [6.07, 6.45) is 0.418. The third-order valence-electron chi connectivity index (χ3n) is 4.81. The SMILES string of the molecule is CNC(=S)NS(=O)(=O)c1cc(CCNC(=O)c2cc(C(C)C)ccc2OC)ccc1OC. The number of hydrogen-bond acceptors (Lipinski definition) is 6. The van der Waals surface area contributed by atoms with Gasteiger partial charge in [-0.25, -0.2) is 8.42 Å². The van der Waals surface area contributed by atoms with E-state index in [1.54, 1.807) is 18.2 Å². The minimum atomic E-state index is -3.93. The molecule has 2 aromatic carbocycles. The van der Waals surface area contributed by atoms with Crippen LogP contribution in [0.3, 0.4) is 0 Å². The molecule has 8 nitrogen and oxygen atoms in total. The van der Waals surface area contributed by atoms with E-state index < -0.39 is 10.0 Å². The summed E-state index contributed by atoms with van der Waals surface area (Å²) in [7, 11) is 0.509. The van der Waals surface area contributed by atoms with Gasteiger partial charge in [0.1, 0.15) is 16.4 Å². The molecule has 1 amide bonds. The molecule has 174 valence electrons. The molecule has 0 spiro atoms. The largest absolute Gasteiger partial charge is 0.496 e. The fourth-order valence-electron chi connectivity index (χ4n) is 2.99. The monoisotopic (exact) mass is 479 g/mol. The highest BCUT2D eigenvalue weighted by Crippen LogP contribution is 2.26. The van der Waals surface area contributed by atoms with Crippen LogP contribution in [0.25, 0.3) is 0 Å². The van der Waals surface area contributed by atoms with Gasteiger partial charge in [0.15, 0.2) is 5.11 Å². The predicted molar refractivity (Wildman–Crippen MR) is 128 cm³/mol. The lowest BCUT2D eigenvalue weighted by molar-refractivity contribution is 0.0951. The summed E-state index contributed by atoms with van der Waals surface area (Å²) >= 11 is 4.91. The van der Waals surface area contributed by atoms with E-state index in [2.05, 4.69) is 29.2 Å². The van der Waals surface area contributed by atoms with E-state index in [4.69, 9.17) is 21.7 Å². The van der Waals surface area contributed by atoms with Gasteiger partial charge in [-0.3, -0.25) is 9.52 Å². The number of rotatable bonds is 9. The lowest BCUT2D eigenvalue weighted by Crippen LogP contribution is -2.37. The molecule has 0 fully saturated rings. The van der Waals surface area contributed by atoms with Crippen LogP contribution in [0.2, 0.25) is 0 Å². The summed E-state index contributed by atoms with van der Waals surface area (Å²) in [5.41, 5.74) is 2.21. The van der Waals surface area contributed by atoms with Crippen molar-refractivity contribution >= 4 is 33.3 Å². The van der Waals surface area contributed by atoms with Crippen LogP contribution in [0.1, 0.15) is 41.3 Å². The van der Waals surface area contributed by atoms with Gasteiger partial charge in [-0.15, -0.1) is 0 Å². The van der Waals surface area contributed by atoms with Crippen molar-refractivity contribution in [2.45, 2.75) is 31.1 Å². The van der Waals surface area contributed by atoms with E-state index in [-0.39, 0.29) is 27.6 Å². The number of hydrogen-bond donors (Lipinski definition) is 3. The third kappa shape index (κ3) is 6.33. The first-order chi connectivity index (χ1) is 15.1. The normalized spacial score (nSPS) is 11.1. The van der Waals surface area contributed by atoms with Gasteiger partial charge < -0.3 is 20.1 Å². The Morgan fingerprint density at radius 1 is 1.06 bits per heavy atom. The molecule has 0 unspecified atom stereocenters. The molecule has 2 rings (SSSR count). The molecule has 0 saturated carbocycles. The van der Waals surface area contributed by atoms with Gasteiger partial charge in [0, 0.05) is 13.6 Å². The Morgan fingerprint density at radius 3 is 2.31 bits per heavy atom. The first-order valence-electron chi connectivity index (χ1n) is 10.0. The van der Waals surface area contributed by atoms with Crippen LogP contribution >= 0.6 is 12.2 Å². The zero-order valence-electron chi connectivity index (χ0n) is 18.8. The number of carbonyl (C=O) groups is 1. The van der Waals surface area contributed by atoms with Crippen LogP contribution in [0.15, 0.2) is 41.3 Å². The number of sulfonamides is 1. The lowest BCUT2D eigenvalue weighted by Gasteiger charge is -2.14. The lowest BCUT2D eigenvalue weighted by atomic mass is 10.00. The summed E-state index contributed by atoms with van der Waals surface area (Å²) in [4.78, 5) is 12.7. The number of methoxy groups -OCH3 is 2. The number of ether oxygens (including phenoxy) is 2. The van der Waals surface area contributed by atoms with Gasteiger partial charge in [0.05, 0.1) is 19.8 Å². The van der Waals surface area contributed by atoms with Crippen LogP contribution in [0.5, 0.6) is 11.5 Å². The van der Waals surface area contributed by atoms with Gasteiger partial charge in [0.25, 0.3) is 15.9 Å². The van der Waals surface area contributed by atoms with Crippen molar-refractivity contribution in [2.75, 3.05) is 27.8 Å². The smallest absolute Gasteiger partial charge is 0.267 e. The standard InChI is InChI=1S/C22H29N3O5S2/c1-14(2)16-7-9-18(29-4)17(13-16)21(26)24-11-10-15-6-8-19(30-5)20(12-15)32(27,28)25-22(31)23-3/h6-9,12-14H,10-11H2,1-5H3,(H,24,26)(H2,23,25,31). The molecule has 0 heterocycles. The highest BCUT2D eigenvalue weighted by Gasteiger charge is 2.21. The fraction of sp³-hybridized carbons (Fsp3) is 0.364. The summed E-state index contributed by atoms with van der Waals surface area (Å²) < 4.78 is 38.1. The highest BCUT2D eigenvalue weighted by atomic mass is 32.2. The average molecular weight is 480 g/mol. The molecule has 0 aliphatic carbocycles. The summed E-state index contributed by atoms with van der Waals surface area (Å²) in [5, 5.41) is 5.41.